The normalized spacial score (nSPS) is 18.8. The van der Waals surface area contributed by atoms with Crippen molar-refractivity contribution in [2.75, 3.05) is 30.4 Å². The maximum atomic E-state index is 13.2. The Morgan fingerprint density at radius 2 is 1.97 bits per heavy atom. The fourth-order valence-corrected chi connectivity index (χ4v) is 4.36. The lowest BCUT2D eigenvalue weighted by Gasteiger charge is -2.38. The number of carbonyl (C=O) groups excluding carboxylic acids is 1. The molecule has 1 amide bonds. The number of hydrogen-bond acceptors (Lipinski definition) is 7. The van der Waals surface area contributed by atoms with Crippen molar-refractivity contribution in [2.24, 2.45) is 0 Å². The van der Waals surface area contributed by atoms with Crippen LogP contribution in [0.15, 0.2) is 49.1 Å². The molecule has 1 fully saturated rings. The highest BCUT2D eigenvalue weighted by atomic mass is 16.5. The number of carbonyl (C=O) groups is 1. The number of anilines is 2. The van der Waals surface area contributed by atoms with Crippen LogP contribution in [-0.2, 0) is 0 Å². The Bertz CT molecular complexity index is 1290. The van der Waals surface area contributed by atoms with Gasteiger partial charge in [-0.2, -0.15) is 4.98 Å². The van der Waals surface area contributed by atoms with Crippen molar-refractivity contribution < 1.29 is 9.53 Å². The number of piperazine rings is 1. The molecular weight excluding hydrogens is 406 g/mol. The van der Waals surface area contributed by atoms with Gasteiger partial charge < -0.3 is 24.7 Å². The first-order valence-electron chi connectivity index (χ1n) is 10.6. The number of rotatable bonds is 4. The van der Waals surface area contributed by atoms with Crippen LogP contribution in [-0.4, -0.2) is 57.5 Å². The lowest BCUT2D eigenvalue weighted by molar-refractivity contribution is 0.102. The molecule has 0 spiro atoms. The molecule has 164 valence electrons. The van der Waals surface area contributed by atoms with Gasteiger partial charge in [-0.3, -0.25) is 4.79 Å². The molecule has 0 aliphatic carbocycles. The number of pyridine rings is 1. The van der Waals surface area contributed by atoms with Crippen molar-refractivity contribution in [1.29, 1.82) is 0 Å². The molecule has 0 bridgehead atoms. The van der Waals surface area contributed by atoms with E-state index in [2.05, 4.69) is 44.3 Å². The van der Waals surface area contributed by atoms with Crippen molar-refractivity contribution in [3.8, 4) is 6.01 Å². The summed E-state index contributed by atoms with van der Waals surface area (Å²) >= 11 is 0. The molecule has 4 aromatic rings. The molecule has 3 aromatic heterocycles. The van der Waals surface area contributed by atoms with Gasteiger partial charge in [0.15, 0.2) is 0 Å². The molecule has 0 saturated carbocycles. The standard InChI is InChI=1S/C23H25N7O2/c1-14-12-30(13-15(2)26-14)19-5-4-17(21-18(19)11-25-23(28-21)32-3)22(31)27-16-6-8-29-9-7-24-20(29)10-16/h4-11,14-15,26H,12-13H2,1-3H3,(H,27,31)/t14-,15-/m1/s1. The fourth-order valence-electron chi connectivity index (χ4n) is 4.36. The highest BCUT2D eigenvalue weighted by Gasteiger charge is 2.24. The predicted octanol–water partition coefficient (Wildman–Crippen LogP) is 2.73. The Balaban J connectivity index is 1.54. The van der Waals surface area contributed by atoms with Crippen LogP contribution >= 0.6 is 0 Å². The Labute approximate surface area is 185 Å². The molecule has 2 N–H and O–H groups in total. The minimum atomic E-state index is -0.250. The van der Waals surface area contributed by atoms with Crippen LogP contribution in [0, 0.1) is 0 Å². The SMILES string of the molecule is COc1ncc2c(N3C[C@@H](C)N[C@H](C)C3)ccc(C(=O)Nc3ccn4ccnc4c3)c2n1. The van der Waals surface area contributed by atoms with Crippen molar-refractivity contribution in [3.63, 3.8) is 0 Å². The van der Waals surface area contributed by atoms with Gasteiger partial charge in [-0.05, 0) is 32.0 Å². The fraction of sp³-hybridized carbons (Fsp3) is 0.304. The summed E-state index contributed by atoms with van der Waals surface area (Å²) in [6.45, 7) is 6.06. The zero-order chi connectivity index (χ0) is 22.2. The maximum Gasteiger partial charge on any atom is 0.316 e. The number of nitrogens with one attached hydrogen (secondary N) is 2. The van der Waals surface area contributed by atoms with Crippen molar-refractivity contribution in [1.82, 2.24) is 24.7 Å². The molecule has 1 aromatic carbocycles. The third-order valence-corrected chi connectivity index (χ3v) is 5.69. The van der Waals surface area contributed by atoms with Gasteiger partial charge in [0.2, 0.25) is 0 Å². The Morgan fingerprint density at radius 1 is 1.16 bits per heavy atom. The smallest absolute Gasteiger partial charge is 0.316 e. The second kappa shape index (κ2) is 8.08. The summed E-state index contributed by atoms with van der Waals surface area (Å²) in [5, 5.41) is 7.34. The lowest BCUT2D eigenvalue weighted by atomic mass is 10.0. The number of amides is 1. The third kappa shape index (κ3) is 3.71. The van der Waals surface area contributed by atoms with Crippen LogP contribution in [0.1, 0.15) is 24.2 Å². The van der Waals surface area contributed by atoms with Crippen LogP contribution in [0.25, 0.3) is 16.6 Å². The van der Waals surface area contributed by atoms with Crippen LogP contribution in [0.5, 0.6) is 6.01 Å². The number of imidazole rings is 1. The Kier molecular flexibility index (Phi) is 5.10. The van der Waals surface area contributed by atoms with E-state index in [9.17, 15) is 4.79 Å². The molecule has 9 heteroatoms. The van der Waals surface area contributed by atoms with Gasteiger partial charge in [0, 0.05) is 72.8 Å². The van der Waals surface area contributed by atoms with Gasteiger partial charge in [0.1, 0.15) is 5.65 Å². The first-order chi connectivity index (χ1) is 15.5. The van der Waals surface area contributed by atoms with E-state index < -0.39 is 0 Å². The number of methoxy groups -OCH3 is 1. The highest BCUT2D eigenvalue weighted by Crippen LogP contribution is 2.31. The van der Waals surface area contributed by atoms with E-state index in [-0.39, 0.29) is 11.9 Å². The average molecular weight is 432 g/mol. The molecule has 32 heavy (non-hydrogen) atoms. The molecule has 1 aliphatic rings. The predicted molar refractivity (Wildman–Crippen MR) is 124 cm³/mol. The van der Waals surface area contributed by atoms with E-state index >= 15 is 0 Å². The van der Waals surface area contributed by atoms with Crippen LogP contribution in [0.4, 0.5) is 11.4 Å². The Morgan fingerprint density at radius 3 is 2.75 bits per heavy atom. The van der Waals surface area contributed by atoms with E-state index in [0.29, 0.717) is 28.9 Å². The van der Waals surface area contributed by atoms with E-state index in [0.717, 1.165) is 29.8 Å². The zero-order valence-electron chi connectivity index (χ0n) is 18.2. The average Bonchev–Trinajstić information content (AvgIpc) is 3.25. The van der Waals surface area contributed by atoms with Gasteiger partial charge in [-0.25, -0.2) is 9.97 Å². The first kappa shape index (κ1) is 20.2. The zero-order valence-corrected chi connectivity index (χ0v) is 18.2. The third-order valence-electron chi connectivity index (χ3n) is 5.69. The second-order valence-electron chi connectivity index (χ2n) is 8.19. The van der Waals surface area contributed by atoms with Crippen LogP contribution in [0.2, 0.25) is 0 Å². The highest BCUT2D eigenvalue weighted by molar-refractivity contribution is 6.14. The summed E-state index contributed by atoms with van der Waals surface area (Å²) in [4.78, 5) is 28.7. The first-order valence-corrected chi connectivity index (χ1v) is 10.6. The topological polar surface area (TPSA) is 96.7 Å². The minimum Gasteiger partial charge on any atom is -0.467 e. The molecule has 5 rings (SSSR count). The molecule has 2 atom stereocenters. The second-order valence-corrected chi connectivity index (χ2v) is 8.19. The molecular formula is C23H25N7O2. The summed E-state index contributed by atoms with van der Waals surface area (Å²) in [5.74, 6) is -0.250. The summed E-state index contributed by atoms with van der Waals surface area (Å²) in [5.41, 5.74) is 3.46. The summed E-state index contributed by atoms with van der Waals surface area (Å²) in [6, 6.07) is 8.41. The summed E-state index contributed by atoms with van der Waals surface area (Å²) in [6.07, 6.45) is 7.17. The van der Waals surface area contributed by atoms with Gasteiger partial charge in [0.25, 0.3) is 5.91 Å². The van der Waals surface area contributed by atoms with E-state index in [1.165, 1.54) is 7.11 Å². The summed E-state index contributed by atoms with van der Waals surface area (Å²) in [7, 11) is 1.52. The van der Waals surface area contributed by atoms with Gasteiger partial charge in [-0.15, -0.1) is 0 Å². The number of benzene rings is 1. The number of aromatic nitrogens is 4. The molecule has 0 radical (unpaired) electrons. The molecule has 4 heterocycles. The van der Waals surface area contributed by atoms with Crippen molar-refractivity contribution in [3.05, 3.63) is 54.6 Å². The van der Waals surface area contributed by atoms with Crippen LogP contribution < -0.4 is 20.3 Å². The van der Waals surface area contributed by atoms with E-state index in [1.54, 1.807) is 12.4 Å². The lowest BCUT2D eigenvalue weighted by Crippen LogP contribution is -2.54. The molecule has 1 saturated heterocycles. The van der Waals surface area contributed by atoms with E-state index in [4.69, 9.17) is 4.74 Å². The number of hydrogen-bond donors (Lipinski definition) is 2. The molecule has 0 unspecified atom stereocenters. The van der Waals surface area contributed by atoms with Crippen molar-refractivity contribution in [2.45, 2.75) is 25.9 Å². The summed E-state index contributed by atoms with van der Waals surface area (Å²) < 4.78 is 7.13. The monoisotopic (exact) mass is 431 g/mol. The molecule has 1 aliphatic heterocycles. The van der Waals surface area contributed by atoms with Crippen molar-refractivity contribution >= 4 is 33.8 Å². The quantitative estimate of drug-likeness (QED) is 0.513. The molecule has 9 nitrogen and oxygen atoms in total. The van der Waals surface area contributed by atoms with Gasteiger partial charge >= 0.3 is 6.01 Å². The number of ether oxygens (including phenoxy) is 1. The van der Waals surface area contributed by atoms with Gasteiger partial charge in [0.05, 0.1) is 18.2 Å². The van der Waals surface area contributed by atoms with Gasteiger partial charge in [-0.1, -0.05) is 0 Å². The number of fused-ring (bicyclic) bond motifs is 2. The number of nitrogens with zero attached hydrogens (tertiary/aromatic N) is 5. The maximum absolute atomic E-state index is 13.2. The Hall–Kier alpha value is -3.72. The van der Waals surface area contributed by atoms with E-state index in [1.807, 2.05) is 41.1 Å². The minimum absolute atomic E-state index is 0.226. The largest absolute Gasteiger partial charge is 0.467 e. The van der Waals surface area contributed by atoms with Crippen LogP contribution in [0.3, 0.4) is 0 Å².